The zero-order valence-corrected chi connectivity index (χ0v) is 17.5. The van der Waals surface area contributed by atoms with Crippen molar-refractivity contribution in [2.75, 3.05) is 32.1 Å². The number of carbonyl (C=O) groups is 2. The van der Waals surface area contributed by atoms with Crippen LogP contribution in [0.3, 0.4) is 0 Å². The number of halogens is 1. The Labute approximate surface area is 180 Å². The van der Waals surface area contributed by atoms with E-state index in [0.29, 0.717) is 55.8 Å². The third-order valence-corrected chi connectivity index (χ3v) is 6.16. The van der Waals surface area contributed by atoms with Gasteiger partial charge in [0.1, 0.15) is 5.60 Å². The third-order valence-electron chi connectivity index (χ3n) is 5.88. The number of hydrogen-bond acceptors (Lipinski definition) is 6. The summed E-state index contributed by atoms with van der Waals surface area (Å²) < 4.78 is 5.12. The largest absolute Gasteiger partial charge is 0.494 e. The second-order valence-electron chi connectivity index (χ2n) is 7.84. The molecule has 1 fully saturated rings. The van der Waals surface area contributed by atoms with E-state index in [1.54, 1.807) is 24.3 Å². The molecule has 2 N–H and O–H groups in total. The summed E-state index contributed by atoms with van der Waals surface area (Å²) in [5.41, 5.74) is 1.89. The molecule has 1 saturated heterocycles. The fourth-order valence-corrected chi connectivity index (χ4v) is 4.25. The van der Waals surface area contributed by atoms with Crippen molar-refractivity contribution in [2.24, 2.45) is 0 Å². The number of nitrogens with zero attached hydrogens (tertiary/aromatic N) is 2. The van der Waals surface area contributed by atoms with Gasteiger partial charge in [0.2, 0.25) is 5.91 Å². The molecule has 0 saturated carbocycles. The summed E-state index contributed by atoms with van der Waals surface area (Å²) in [5, 5.41) is 14.1. The Balaban J connectivity index is 1.38. The predicted molar refractivity (Wildman–Crippen MR) is 113 cm³/mol. The van der Waals surface area contributed by atoms with Gasteiger partial charge in [0.05, 0.1) is 19.3 Å². The second-order valence-corrected chi connectivity index (χ2v) is 8.20. The van der Waals surface area contributed by atoms with Crippen molar-refractivity contribution in [3.8, 4) is 5.75 Å². The fourth-order valence-electron chi connectivity index (χ4n) is 4.02. The molecule has 8 heteroatoms. The van der Waals surface area contributed by atoms with E-state index in [1.807, 2.05) is 11.0 Å². The van der Waals surface area contributed by atoms with E-state index < -0.39 is 5.60 Å². The van der Waals surface area contributed by atoms with Crippen molar-refractivity contribution in [1.82, 2.24) is 9.88 Å². The van der Waals surface area contributed by atoms with Crippen molar-refractivity contribution >= 4 is 29.0 Å². The Morgan fingerprint density at radius 2 is 2.03 bits per heavy atom. The number of anilines is 1. The monoisotopic (exact) mass is 429 g/mol. The van der Waals surface area contributed by atoms with Crippen LogP contribution in [0.1, 0.15) is 40.9 Å². The van der Waals surface area contributed by atoms with E-state index in [2.05, 4.69) is 10.3 Å². The molecule has 2 aromatic rings. The summed E-state index contributed by atoms with van der Waals surface area (Å²) in [6.45, 7) is 1.45. The molecule has 30 heavy (non-hydrogen) atoms. The van der Waals surface area contributed by atoms with E-state index in [-0.39, 0.29) is 23.4 Å². The highest BCUT2D eigenvalue weighted by Gasteiger charge is 2.36. The number of aliphatic hydroxyl groups is 1. The first-order chi connectivity index (χ1) is 14.4. The molecule has 4 rings (SSSR count). The number of ketones is 1. The van der Waals surface area contributed by atoms with Crippen molar-refractivity contribution < 1.29 is 19.4 Å². The van der Waals surface area contributed by atoms with Crippen LogP contribution in [0.25, 0.3) is 0 Å². The number of methoxy groups -OCH3 is 1. The highest BCUT2D eigenvalue weighted by atomic mass is 35.5. The van der Waals surface area contributed by atoms with Gasteiger partial charge in [-0.3, -0.25) is 14.5 Å². The van der Waals surface area contributed by atoms with Crippen molar-refractivity contribution in [1.29, 1.82) is 0 Å². The number of carbonyl (C=O) groups excluding carboxylic acids is 2. The van der Waals surface area contributed by atoms with Crippen LogP contribution in [0.5, 0.6) is 5.75 Å². The van der Waals surface area contributed by atoms with Gasteiger partial charge in [0.15, 0.2) is 16.7 Å². The number of benzene rings is 1. The number of amides is 1. The minimum absolute atomic E-state index is 0.00928. The lowest BCUT2D eigenvalue weighted by molar-refractivity contribution is -0.116. The molecule has 3 heterocycles. The van der Waals surface area contributed by atoms with E-state index in [4.69, 9.17) is 16.3 Å². The highest BCUT2D eigenvalue weighted by molar-refractivity contribution is 6.30. The molecule has 2 aliphatic heterocycles. The summed E-state index contributed by atoms with van der Waals surface area (Å²) in [7, 11) is 1.52. The zero-order valence-electron chi connectivity index (χ0n) is 16.8. The molecule has 158 valence electrons. The molecule has 1 aromatic heterocycles. The fraction of sp³-hybridized carbons (Fsp3) is 0.409. The Morgan fingerprint density at radius 3 is 2.73 bits per heavy atom. The number of rotatable bonds is 5. The van der Waals surface area contributed by atoms with Gasteiger partial charge in [0, 0.05) is 30.8 Å². The van der Waals surface area contributed by atoms with Crippen LogP contribution >= 0.6 is 11.6 Å². The zero-order chi connectivity index (χ0) is 21.3. The Kier molecular flexibility index (Phi) is 5.77. The molecule has 1 amide bonds. The molecule has 1 aromatic carbocycles. The molecular weight excluding hydrogens is 406 g/mol. The van der Waals surface area contributed by atoms with Gasteiger partial charge in [-0.1, -0.05) is 11.6 Å². The van der Waals surface area contributed by atoms with E-state index in [9.17, 15) is 14.7 Å². The van der Waals surface area contributed by atoms with Gasteiger partial charge >= 0.3 is 0 Å². The first-order valence-electron chi connectivity index (χ1n) is 10.00. The molecule has 0 bridgehead atoms. The van der Waals surface area contributed by atoms with Crippen molar-refractivity contribution in [2.45, 2.75) is 31.3 Å². The predicted octanol–water partition coefficient (Wildman–Crippen LogP) is 2.79. The van der Waals surface area contributed by atoms with E-state index in [0.717, 1.165) is 11.3 Å². The smallest absolute Gasteiger partial charge is 0.224 e. The second kappa shape index (κ2) is 8.34. The number of nitrogens with one attached hydrogen (secondary N) is 1. The topological polar surface area (TPSA) is 91.8 Å². The number of Topliss-reactive ketones (excluding diaryl/α,β-unsaturated/α-hetero) is 1. The minimum atomic E-state index is -1.07. The number of aryl methyl sites for hydroxylation is 1. The summed E-state index contributed by atoms with van der Waals surface area (Å²) in [5.74, 6) is 0.512. The standard InChI is InChI=1S/C22H24ClN3O4/c1-30-18-5-6-19(25-21(18)23)22(29)8-10-26(11-9-22)13-17(27)15-2-4-16-14(12-15)3-7-20(28)24-16/h2,4-6,12,29H,3,7-11,13H2,1H3,(H,24,28). The van der Waals surface area contributed by atoms with Gasteiger partial charge in [-0.05, 0) is 55.2 Å². The summed E-state index contributed by atoms with van der Waals surface area (Å²) in [6.07, 6.45) is 2.02. The minimum Gasteiger partial charge on any atom is -0.494 e. The SMILES string of the molecule is COc1ccc(C2(O)CCN(CC(=O)c3ccc4c(c3)CCC(=O)N4)CC2)nc1Cl. The number of likely N-dealkylation sites (tertiary alicyclic amines) is 1. The van der Waals surface area contributed by atoms with Gasteiger partial charge in [0.25, 0.3) is 0 Å². The van der Waals surface area contributed by atoms with E-state index in [1.165, 1.54) is 7.11 Å². The van der Waals surface area contributed by atoms with Crippen molar-refractivity contribution in [3.63, 3.8) is 0 Å². The lowest BCUT2D eigenvalue weighted by Gasteiger charge is -2.37. The number of ether oxygens (including phenoxy) is 1. The van der Waals surface area contributed by atoms with Crippen LogP contribution in [0.2, 0.25) is 5.15 Å². The van der Waals surface area contributed by atoms with Crippen LogP contribution in [0.4, 0.5) is 5.69 Å². The Morgan fingerprint density at radius 1 is 1.27 bits per heavy atom. The number of fused-ring (bicyclic) bond motifs is 1. The normalized spacial score (nSPS) is 18.4. The van der Waals surface area contributed by atoms with Crippen molar-refractivity contribution in [3.05, 3.63) is 52.3 Å². The van der Waals surface area contributed by atoms with Gasteiger partial charge in [-0.25, -0.2) is 4.98 Å². The molecule has 0 radical (unpaired) electrons. The molecular formula is C22H24ClN3O4. The summed E-state index contributed by atoms with van der Waals surface area (Å²) >= 11 is 6.11. The lowest BCUT2D eigenvalue weighted by Crippen LogP contribution is -2.44. The maximum absolute atomic E-state index is 12.8. The van der Waals surface area contributed by atoms with E-state index >= 15 is 0 Å². The number of aromatic nitrogens is 1. The Hall–Kier alpha value is -2.48. The molecule has 0 atom stereocenters. The highest BCUT2D eigenvalue weighted by Crippen LogP contribution is 2.34. The average molecular weight is 430 g/mol. The van der Waals surface area contributed by atoms with Crippen LogP contribution in [-0.4, -0.2) is 53.4 Å². The van der Waals surface area contributed by atoms with Gasteiger partial charge in [-0.2, -0.15) is 0 Å². The Bertz CT molecular complexity index is 986. The first-order valence-corrected chi connectivity index (χ1v) is 10.4. The molecule has 0 unspecified atom stereocenters. The molecule has 2 aliphatic rings. The summed E-state index contributed by atoms with van der Waals surface area (Å²) in [4.78, 5) is 30.6. The summed E-state index contributed by atoms with van der Waals surface area (Å²) in [6, 6.07) is 8.87. The van der Waals surface area contributed by atoms with Gasteiger partial charge < -0.3 is 15.2 Å². The first kappa shape index (κ1) is 20.8. The van der Waals surface area contributed by atoms with Gasteiger partial charge in [-0.15, -0.1) is 0 Å². The number of piperidine rings is 1. The maximum atomic E-state index is 12.8. The third kappa shape index (κ3) is 4.19. The molecule has 0 spiro atoms. The van der Waals surface area contributed by atoms with Crippen LogP contribution < -0.4 is 10.1 Å². The molecule has 7 nitrogen and oxygen atoms in total. The number of pyridine rings is 1. The maximum Gasteiger partial charge on any atom is 0.224 e. The van der Waals surface area contributed by atoms with Crippen LogP contribution in [-0.2, 0) is 16.8 Å². The molecule has 0 aliphatic carbocycles. The number of hydrogen-bond donors (Lipinski definition) is 2. The quantitative estimate of drug-likeness (QED) is 0.561. The average Bonchev–Trinajstić information content (AvgIpc) is 2.75. The van der Waals surface area contributed by atoms with Crippen LogP contribution in [0.15, 0.2) is 30.3 Å². The van der Waals surface area contributed by atoms with Crippen LogP contribution in [0, 0.1) is 0 Å². The lowest BCUT2D eigenvalue weighted by atomic mass is 9.87.